The van der Waals surface area contributed by atoms with Crippen molar-refractivity contribution in [1.29, 1.82) is 0 Å². The molecule has 1 fully saturated rings. The van der Waals surface area contributed by atoms with E-state index in [1.54, 1.807) is 0 Å². The molecule has 1 saturated heterocycles. The van der Waals surface area contributed by atoms with Gasteiger partial charge in [0.25, 0.3) is 0 Å². The lowest BCUT2D eigenvalue weighted by molar-refractivity contribution is -0.141. The fourth-order valence-corrected chi connectivity index (χ4v) is 1.15. The Labute approximate surface area is 83.6 Å². The van der Waals surface area contributed by atoms with Gasteiger partial charge in [0.1, 0.15) is 6.10 Å². The van der Waals surface area contributed by atoms with Gasteiger partial charge in [-0.15, -0.1) is 0 Å². The quantitative estimate of drug-likeness (QED) is 0.754. The first-order valence-electron chi connectivity index (χ1n) is 4.32. The molecule has 0 radical (unpaired) electrons. The third-order valence-electron chi connectivity index (χ3n) is 2.02. The summed E-state index contributed by atoms with van der Waals surface area (Å²) in [6.45, 7) is 0.819. The van der Waals surface area contributed by atoms with E-state index in [4.69, 9.17) is 9.47 Å². The van der Waals surface area contributed by atoms with Gasteiger partial charge in [0.05, 0.1) is 13.2 Å². The molecule has 0 unspecified atom stereocenters. The van der Waals surface area contributed by atoms with Crippen molar-refractivity contribution in [3.8, 4) is 5.88 Å². The summed E-state index contributed by atoms with van der Waals surface area (Å²) in [5.41, 5.74) is -0.944. The van der Waals surface area contributed by atoms with Crippen molar-refractivity contribution in [1.82, 2.24) is 9.78 Å². The number of hydrogen-bond donors (Lipinski definition) is 0. The molecule has 0 aliphatic carbocycles. The van der Waals surface area contributed by atoms with Crippen LogP contribution in [-0.2, 0) is 18.0 Å². The van der Waals surface area contributed by atoms with E-state index in [0.29, 0.717) is 13.2 Å². The molecule has 1 aromatic rings. The number of nitrogens with zero attached hydrogens (tertiary/aromatic N) is 2. The van der Waals surface area contributed by atoms with Crippen LogP contribution in [-0.4, -0.2) is 29.1 Å². The van der Waals surface area contributed by atoms with Crippen LogP contribution in [0.5, 0.6) is 5.88 Å². The monoisotopic (exact) mass is 222 g/mol. The highest BCUT2D eigenvalue weighted by atomic mass is 19.4. The van der Waals surface area contributed by atoms with E-state index in [1.165, 1.54) is 7.05 Å². The Morgan fingerprint density at radius 3 is 2.60 bits per heavy atom. The van der Waals surface area contributed by atoms with Crippen LogP contribution in [0.15, 0.2) is 6.07 Å². The van der Waals surface area contributed by atoms with Gasteiger partial charge in [-0.3, -0.25) is 0 Å². The SMILES string of the molecule is Cn1nc(C(F)(F)F)cc1OC1COC1. The predicted molar refractivity (Wildman–Crippen MR) is 43.4 cm³/mol. The van der Waals surface area contributed by atoms with Gasteiger partial charge in [0.15, 0.2) is 5.69 Å². The summed E-state index contributed by atoms with van der Waals surface area (Å²) in [6.07, 6.45) is -4.60. The van der Waals surface area contributed by atoms with Gasteiger partial charge in [-0.05, 0) is 0 Å². The van der Waals surface area contributed by atoms with Crippen molar-refractivity contribution >= 4 is 0 Å². The zero-order valence-electron chi connectivity index (χ0n) is 7.91. The van der Waals surface area contributed by atoms with Gasteiger partial charge in [0.2, 0.25) is 5.88 Å². The van der Waals surface area contributed by atoms with Gasteiger partial charge < -0.3 is 9.47 Å². The standard InChI is InChI=1S/C8H9F3N2O2/c1-13-7(15-5-3-14-4-5)2-6(12-13)8(9,10)11/h2,5H,3-4H2,1H3. The van der Waals surface area contributed by atoms with E-state index < -0.39 is 11.9 Å². The molecule has 2 heterocycles. The van der Waals surface area contributed by atoms with Crippen LogP contribution in [0.2, 0.25) is 0 Å². The third kappa shape index (κ3) is 2.06. The van der Waals surface area contributed by atoms with Crippen LogP contribution >= 0.6 is 0 Å². The Hall–Kier alpha value is -1.24. The maximum absolute atomic E-state index is 12.3. The first-order chi connectivity index (χ1) is 6.97. The highest BCUT2D eigenvalue weighted by Crippen LogP contribution is 2.30. The van der Waals surface area contributed by atoms with Crippen LogP contribution in [0.3, 0.4) is 0 Å². The molecule has 15 heavy (non-hydrogen) atoms. The largest absolute Gasteiger partial charge is 0.470 e. The Balaban J connectivity index is 2.13. The number of rotatable bonds is 2. The maximum Gasteiger partial charge on any atom is 0.435 e. The lowest BCUT2D eigenvalue weighted by Gasteiger charge is -2.26. The molecule has 0 N–H and O–H groups in total. The maximum atomic E-state index is 12.3. The molecular formula is C8H9F3N2O2. The van der Waals surface area contributed by atoms with Gasteiger partial charge in [0, 0.05) is 13.1 Å². The van der Waals surface area contributed by atoms with E-state index in [9.17, 15) is 13.2 Å². The number of aromatic nitrogens is 2. The summed E-state index contributed by atoms with van der Waals surface area (Å²) < 4.78 is 47.9. The minimum Gasteiger partial charge on any atom is -0.470 e. The molecule has 0 spiro atoms. The highest BCUT2D eigenvalue weighted by Gasteiger charge is 2.35. The van der Waals surface area contributed by atoms with E-state index in [1.807, 2.05) is 0 Å². The van der Waals surface area contributed by atoms with Crippen molar-refractivity contribution in [3.63, 3.8) is 0 Å². The minimum atomic E-state index is -4.44. The lowest BCUT2D eigenvalue weighted by Crippen LogP contribution is -2.39. The first-order valence-corrected chi connectivity index (χ1v) is 4.32. The molecule has 0 aromatic carbocycles. The smallest absolute Gasteiger partial charge is 0.435 e. The second-order valence-corrected chi connectivity index (χ2v) is 3.27. The molecule has 1 aliphatic heterocycles. The Kier molecular flexibility index (Phi) is 2.34. The zero-order valence-corrected chi connectivity index (χ0v) is 7.91. The summed E-state index contributed by atoms with van der Waals surface area (Å²) >= 11 is 0. The predicted octanol–water partition coefficient (Wildman–Crippen LogP) is 1.22. The van der Waals surface area contributed by atoms with Crippen molar-refractivity contribution in [3.05, 3.63) is 11.8 Å². The van der Waals surface area contributed by atoms with Crippen LogP contribution in [0.1, 0.15) is 5.69 Å². The first kappa shape index (κ1) is 10.3. The van der Waals surface area contributed by atoms with E-state index in [2.05, 4.69) is 5.10 Å². The summed E-state index contributed by atoms with van der Waals surface area (Å²) in [4.78, 5) is 0. The van der Waals surface area contributed by atoms with Gasteiger partial charge in [-0.2, -0.15) is 18.3 Å². The topological polar surface area (TPSA) is 36.3 Å². The second kappa shape index (κ2) is 3.41. The molecule has 1 aromatic heterocycles. The Bertz CT molecular complexity index is 357. The van der Waals surface area contributed by atoms with Gasteiger partial charge in [-0.1, -0.05) is 0 Å². The summed E-state index contributed by atoms with van der Waals surface area (Å²) in [7, 11) is 1.41. The van der Waals surface area contributed by atoms with E-state index >= 15 is 0 Å². The number of alkyl halides is 3. The Morgan fingerprint density at radius 1 is 1.53 bits per heavy atom. The average molecular weight is 222 g/mol. The van der Waals surface area contributed by atoms with Crippen molar-refractivity contribution in [2.75, 3.05) is 13.2 Å². The molecule has 0 saturated carbocycles. The van der Waals surface area contributed by atoms with Gasteiger partial charge >= 0.3 is 6.18 Å². The van der Waals surface area contributed by atoms with Crippen molar-refractivity contribution in [2.45, 2.75) is 12.3 Å². The molecule has 84 valence electrons. The number of ether oxygens (including phenoxy) is 2. The van der Waals surface area contributed by atoms with Crippen LogP contribution in [0.25, 0.3) is 0 Å². The third-order valence-corrected chi connectivity index (χ3v) is 2.02. The lowest BCUT2D eigenvalue weighted by atomic mass is 10.3. The van der Waals surface area contributed by atoms with Crippen molar-refractivity contribution in [2.24, 2.45) is 7.05 Å². The van der Waals surface area contributed by atoms with E-state index in [-0.39, 0.29) is 12.0 Å². The average Bonchev–Trinajstić information content (AvgIpc) is 2.39. The molecule has 0 bridgehead atoms. The molecule has 0 amide bonds. The second-order valence-electron chi connectivity index (χ2n) is 3.27. The van der Waals surface area contributed by atoms with E-state index in [0.717, 1.165) is 10.7 Å². The summed E-state index contributed by atoms with van der Waals surface area (Å²) in [6, 6.07) is 0.887. The summed E-state index contributed by atoms with van der Waals surface area (Å²) in [5.74, 6) is 0.107. The highest BCUT2D eigenvalue weighted by molar-refractivity contribution is 5.18. The minimum absolute atomic E-state index is 0.107. The summed E-state index contributed by atoms with van der Waals surface area (Å²) in [5, 5.41) is 3.32. The fraction of sp³-hybridized carbons (Fsp3) is 0.625. The molecule has 1 aliphatic rings. The molecular weight excluding hydrogens is 213 g/mol. The van der Waals surface area contributed by atoms with Crippen molar-refractivity contribution < 1.29 is 22.6 Å². The normalized spacial score (nSPS) is 17.6. The Morgan fingerprint density at radius 2 is 2.20 bits per heavy atom. The number of halogens is 3. The fourth-order valence-electron chi connectivity index (χ4n) is 1.15. The molecule has 0 atom stereocenters. The molecule has 7 heteroatoms. The van der Waals surface area contributed by atoms with Crippen LogP contribution < -0.4 is 4.74 Å². The number of hydrogen-bond acceptors (Lipinski definition) is 3. The number of aryl methyl sites for hydroxylation is 1. The van der Waals surface area contributed by atoms with Crippen LogP contribution in [0.4, 0.5) is 13.2 Å². The van der Waals surface area contributed by atoms with Gasteiger partial charge in [-0.25, -0.2) is 4.68 Å². The molecule has 4 nitrogen and oxygen atoms in total. The molecule has 2 rings (SSSR count). The van der Waals surface area contributed by atoms with Crippen LogP contribution in [0, 0.1) is 0 Å². The zero-order chi connectivity index (χ0) is 11.1.